The number of halogens is 1. The van der Waals surface area contributed by atoms with Gasteiger partial charge in [0.1, 0.15) is 11.8 Å². The molecule has 0 saturated carbocycles. The van der Waals surface area contributed by atoms with Gasteiger partial charge in [0.05, 0.1) is 47.8 Å². The number of para-hydroxylation sites is 1. The largest absolute Gasteiger partial charge is 0.493 e. The molecule has 1 aliphatic rings. The molecule has 2 aromatic carbocycles. The Morgan fingerprint density at radius 3 is 2.58 bits per heavy atom. The molecule has 0 radical (unpaired) electrons. The van der Waals surface area contributed by atoms with E-state index in [2.05, 4.69) is 4.99 Å². The van der Waals surface area contributed by atoms with Gasteiger partial charge in [-0.15, -0.1) is 0 Å². The molecule has 2 heterocycles. The zero-order valence-electron chi connectivity index (χ0n) is 22.0. The van der Waals surface area contributed by atoms with Crippen molar-refractivity contribution in [1.29, 1.82) is 0 Å². The predicted octanol–water partition coefficient (Wildman–Crippen LogP) is 4.26. The van der Waals surface area contributed by atoms with E-state index in [1.165, 1.54) is 30.1 Å². The Labute approximate surface area is 229 Å². The van der Waals surface area contributed by atoms with E-state index in [-0.39, 0.29) is 18.3 Å². The van der Waals surface area contributed by atoms with Gasteiger partial charge in [-0.1, -0.05) is 41.1 Å². The van der Waals surface area contributed by atoms with E-state index in [0.717, 1.165) is 0 Å². The van der Waals surface area contributed by atoms with Gasteiger partial charge in [0.15, 0.2) is 16.3 Å². The molecule has 3 aromatic rings. The fourth-order valence-electron chi connectivity index (χ4n) is 4.33. The number of nitrogens with zero attached hydrogens (tertiary/aromatic N) is 2. The first-order chi connectivity index (χ1) is 18.2. The second-order valence-corrected chi connectivity index (χ2v) is 10.2. The standard InChI is InChI=1S/C28H29ClN2O6S/c1-7-36-27(33)23-16(4)30-28-31(24(23)18-10-8-9-11-20(18)37-15(2)3)26(32)22(38-28)14-17-12-19(29)25(35-6)21(13-17)34-5/h8-15,24H,7H2,1-6H3/b22-14+/t24-/m1/s1. The summed E-state index contributed by atoms with van der Waals surface area (Å²) in [5.74, 6) is 0.894. The van der Waals surface area contributed by atoms with E-state index in [0.29, 0.717) is 54.0 Å². The van der Waals surface area contributed by atoms with Crippen LogP contribution >= 0.6 is 22.9 Å². The van der Waals surface area contributed by atoms with Crippen molar-refractivity contribution in [2.75, 3.05) is 20.8 Å². The average Bonchev–Trinajstić information content (AvgIpc) is 3.17. The minimum absolute atomic E-state index is 0.113. The smallest absolute Gasteiger partial charge is 0.338 e. The Kier molecular flexibility index (Phi) is 8.28. The highest BCUT2D eigenvalue weighted by atomic mass is 35.5. The molecule has 0 unspecified atom stereocenters. The quantitative estimate of drug-likeness (QED) is 0.385. The SMILES string of the molecule is CCOC(=O)C1=C(C)N=c2s/c(=C/c3cc(Cl)c(OC)c(OC)c3)c(=O)n2[C@@H]1c1ccccc1OC(C)C. The number of hydrogen-bond donors (Lipinski definition) is 0. The Hall–Kier alpha value is -3.56. The number of carbonyl (C=O) groups excluding carboxylic acids is 1. The molecule has 0 bridgehead atoms. The number of benzene rings is 2. The highest BCUT2D eigenvalue weighted by Crippen LogP contribution is 2.37. The van der Waals surface area contributed by atoms with Crippen LogP contribution in [0.3, 0.4) is 0 Å². The normalized spacial score (nSPS) is 15.3. The van der Waals surface area contributed by atoms with Crippen LogP contribution in [-0.2, 0) is 9.53 Å². The lowest BCUT2D eigenvalue weighted by Crippen LogP contribution is -2.40. The third-order valence-corrected chi connectivity index (χ3v) is 7.11. The molecule has 1 atom stereocenters. The first-order valence-electron chi connectivity index (χ1n) is 12.1. The first-order valence-corrected chi connectivity index (χ1v) is 13.3. The summed E-state index contributed by atoms with van der Waals surface area (Å²) in [5, 5.41) is 0.351. The zero-order valence-corrected chi connectivity index (χ0v) is 23.6. The van der Waals surface area contributed by atoms with Crippen LogP contribution in [-0.4, -0.2) is 37.5 Å². The van der Waals surface area contributed by atoms with Crippen molar-refractivity contribution in [3.63, 3.8) is 0 Å². The minimum Gasteiger partial charge on any atom is -0.493 e. The van der Waals surface area contributed by atoms with Gasteiger partial charge in [-0.25, -0.2) is 9.79 Å². The maximum Gasteiger partial charge on any atom is 0.338 e. The number of aromatic nitrogens is 1. The molecule has 0 fully saturated rings. The van der Waals surface area contributed by atoms with E-state index >= 15 is 0 Å². The Morgan fingerprint density at radius 1 is 1.18 bits per heavy atom. The van der Waals surface area contributed by atoms with Gasteiger partial charge < -0.3 is 18.9 Å². The van der Waals surface area contributed by atoms with E-state index in [1.54, 1.807) is 32.1 Å². The summed E-state index contributed by atoms with van der Waals surface area (Å²) < 4.78 is 24.1. The molecular formula is C28H29ClN2O6S. The molecule has 0 amide bonds. The lowest BCUT2D eigenvalue weighted by atomic mass is 9.95. The third-order valence-electron chi connectivity index (χ3n) is 5.85. The van der Waals surface area contributed by atoms with Crippen LogP contribution in [0.4, 0.5) is 0 Å². The molecule has 200 valence electrons. The first kappa shape index (κ1) is 27.5. The summed E-state index contributed by atoms with van der Waals surface area (Å²) in [6.07, 6.45) is 1.60. The lowest BCUT2D eigenvalue weighted by Gasteiger charge is -2.26. The molecule has 10 heteroatoms. The highest BCUT2D eigenvalue weighted by molar-refractivity contribution is 7.07. The number of esters is 1. The van der Waals surface area contributed by atoms with Crippen molar-refractivity contribution in [3.8, 4) is 17.2 Å². The molecule has 8 nitrogen and oxygen atoms in total. The van der Waals surface area contributed by atoms with Gasteiger partial charge in [0.25, 0.3) is 5.56 Å². The number of thiazole rings is 1. The number of ether oxygens (including phenoxy) is 4. The summed E-state index contributed by atoms with van der Waals surface area (Å²) in [7, 11) is 3.02. The summed E-state index contributed by atoms with van der Waals surface area (Å²) in [6, 6.07) is 10.0. The molecule has 0 aliphatic carbocycles. The number of carbonyl (C=O) groups is 1. The molecule has 0 spiro atoms. The van der Waals surface area contributed by atoms with Gasteiger partial charge >= 0.3 is 5.97 Å². The second kappa shape index (κ2) is 11.4. The fourth-order valence-corrected chi connectivity index (χ4v) is 5.67. The molecule has 1 aliphatic heterocycles. The van der Waals surface area contributed by atoms with Gasteiger partial charge in [-0.2, -0.15) is 0 Å². The Balaban J connectivity index is 1.98. The van der Waals surface area contributed by atoms with Crippen molar-refractivity contribution in [3.05, 3.63) is 83.5 Å². The topological polar surface area (TPSA) is 88.4 Å². The predicted molar refractivity (Wildman–Crippen MR) is 147 cm³/mol. The minimum atomic E-state index is -0.781. The highest BCUT2D eigenvalue weighted by Gasteiger charge is 2.35. The molecule has 4 rings (SSSR count). The van der Waals surface area contributed by atoms with Crippen molar-refractivity contribution < 1.29 is 23.7 Å². The van der Waals surface area contributed by atoms with Crippen LogP contribution in [0.15, 0.2) is 57.5 Å². The number of methoxy groups -OCH3 is 2. The molecule has 1 aromatic heterocycles. The molecule has 38 heavy (non-hydrogen) atoms. The van der Waals surface area contributed by atoms with Crippen LogP contribution in [0.5, 0.6) is 17.2 Å². The summed E-state index contributed by atoms with van der Waals surface area (Å²) >= 11 is 7.61. The Morgan fingerprint density at radius 2 is 1.92 bits per heavy atom. The maximum atomic E-state index is 13.9. The maximum absolute atomic E-state index is 13.9. The van der Waals surface area contributed by atoms with Crippen LogP contribution in [0, 0.1) is 0 Å². The number of hydrogen-bond acceptors (Lipinski definition) is 8. The number of rotatable bonds is 8. The number of allylic oxidation sites excluding steroid dienone is 1. The molecule has 0 N–H and O–H groups in total. The van der Waals surface area contributed by atoms with Gasteiger partial charge in [-0.05, 0) is 57.5 Å². The summed E-state index contributed by atoms with van der Waals surface area (Å²) in [6.45, 7) is 7.52. The van der Waals surface area contributed by atoms with E-state index < -0.39 is 12.0 Å². The molecular weight excluding hydrogens is 528 g/mol. The fraction of sp³-hybridized carbons (Fsp3) is 0.321. The van der Waals surface area contributed by atoms with E-state index in [1.807, 2.05) is 38.1 Å². The monoisotopic (exact) mass is 556 g/mol. The van der Waals surface area contributed by atoms with Crippen molar-refractivity contribution in [2.45, 2.75) is 39.8 Å². The summed E-state index contributed by atoms with van der Waals surface area (Å²) in [4.78, 5) is 32.2. The van der Waals surface area contributed by atoms with E-state index in [9.17, 15) is 9.59 Å². The van der Waals surface area contributed by atoms with Crippen LogP contribution in [0.2, 0.25) is 5.02 Å². The average molecular weight is 557 g/mol. The van der Waals surface area contributed by atoms with Crippen molar-refractivity contribution in [2.24, 2.45) is 4.99 Å². The lowest BCUT2D eigenvalue weighted by molar-refractivity contribution is -0.139. The van der Waals surface area contributed by atoms with E-state index in [4.69, 9.17) is 30.5 Å². The van der Waals surface area contributed by atoms with Crippen LogP contribution in [0.25, 0.3) is 6.08 Å². The second-order valence-electron chi connectivity index (χ2n) is 8.74. The van der Waals surface area contributed by atoms with Crippen LogP contribution in [0.1, 0.15) is 44.9 Å². The van der Waals surface area contributed by atoms with Gasteiger partial charge in [-0.3, -0.25) is 9.36 Å². The third kappa shape index (κ3) is 5.21. The Bertz CT molecular complexity index is 1590. The summed E-state index contributed by atoms with van der Waals surface area (Å²) in [5.41, 5.74) is 1.78. The van der Waals surface area contributed by atoms with Gasteiger partial charge in [0.2, 0.25) is 0 Å². The zero-order chi connectivity index (χ0) is 27.6. The van der Waals surface area contributed by atoms with Crippen molar-refractivity contribution >= 4 is 35.0 Å². The number of fused-ring (bicyclic) bond motifs is 1. The molecule has 0 saturated heterocycles. The van der Waals surface area contributed by atoms with Crippen molar-refractivity contribution in [1.82, 2.24) is 4.57 Å². The van der Waals surface area contributed by atoms with Gasteiger partial charge in [0, 0.05) is 5.56 Å². The van der Waals surface area contributed by atoms with Crippen LogP contribution < -0.4 is 29.1 Å².